The van der Waals surface area contributed by atoms with Crippen molar-refractivity contribution < 1.29 is 42.0 Å². The summed E-state index contributed by atoms with van der Waals surface area (Å²) in [7, 11) is -2.95. The highest BCUT2D eigenvalue weighted by atomic mass is 32.2. The van der Waals surface area contributed by atoms with Gasteiger partial charge in [0.15, 0.2) is 12.5 Å². The molecule has 0 amide bonds. The molecule has 0 fully saturated rings. The molecule has 2 aromatic rings. The summed E-state index contributed by atoms with van der Waals surface area (Å²) in [5.41, 5.74) is -0.0437. The van der Waals surface area contributed by atoms with Crippen molar-refractivity contribution in [3.05, 3.63) is 61.7 Å². The molecule has 0 unspecified atom stereocenters. The van der Waals surface area contributed by atoms with Gasteiger partial charge in [-0.2, -0.15) is 0 Å². The maximum absolute atomic E-state index is 12.4. The van der Waals surface area contributed by atoms with Gasteiger partial charge in [0, 0.05) is 35.9 Å². The number of nitrogens with zero attached hydrogens (tertiary/aromatic N) is 2. The Balaban J connectivity index is 1.60. The van der Waals surface area contributed by atoms with Crippen molar-refractivity contribution in [1.29, 1.82) is 0 Å². The summed E-state index contributed by atoms with van der Waals surface area (Å²) in [5.74, 6) is -0.561. The van der Waals surface area contributed by atoms with Crippen LogP contribution in [0.5, 0.6) is 11.5 Å². The van der Waals surface area contributed by atoms with E-state index < -0.39 is 31.5 Å². The maximum Gasteiger partial charge on any atom is 0.312 e. The number of fused-ring (bicyclic) bond motifs is 1. The van der Waals surface area contributed by atoms with Crippen molar-refractivity contribution in [2.24, 2.45) is 0 Å². The van der Waals surface area contributed by atoms with Crippen molar-refractivity contribution in [3.63, 3.8) is 0 Å². The molecule has 1 heterocycles. The SMILES string of the molecule is COc1ccc(S(=O)(=O)NCCC(=O)OCc2cc([N+](=O)[O-])cc3c2OCOC3)cc1[N+](=O)[O-]. The number of methoxy groups -OCH3 is 1. The molecule has 182 valence electrons. The zero-order chi connectivity index (χ0) is 24.9. The summed E-state index contributed by atoms with van der Waals surface area (Å²) < 4.78 is 47.4. The number of ether oxygens (including phenoxy) is 4. The Bertz CT molecular complexity index is 1230. The Labute approximate surface area is 192 Å². The molecular formula is C19H19N3O11S. The fourth-order valence-corrected chi connectivity index (χ4v) is 4.13. The van der Waals surface area contributed by atoms with Crippen LogP contribution < -0.4 is 14.2 Å². The lowest BCUT2D eigenvalue weighted by atomic mass is 10.1. The standard InChI is InChI=1S/C19H19N3O11S/c1-30-17-3-2-15(8-16(17)22(26)27)34(28,29)20-5-4-18(23)32-10-13-7-14(21(24)25)6-12-9-31-11-33-19(12)13/h2-3,6-8,20H,4-5,9-11H2,1H3. The van der Waals surface area contributed by atoms with Gasteiger partial charge in [-0.25, -0.2) is 13.1 Å². The van der Waals surface area contributed by atoms with E-state index >= 15 is 0 Å². The van der Waals surface area contributed by atoms with Crippen LogP contribution in [0.3, 0.4) is 0 Å². The third kappa shape index (κ3) is 5.75. The highest BCUT2D eigenvalue weighted by Gasteiger charge is 2.23. The lowest BCUT2D eigenvalue weighted by Crippen LogP contribution is -2.27. The first-order chi connectivity index (χ1) is 16.1. The number of sulfonamides is 1. The summed E-state index contributed by atoms with van der Waals surface area (Å²) in [6.45, 7) is -0.640. The first kappa shape index (κ1) is 24.8. The van der Waals surface area contributed by atoms with Crippen molar-refractivity contribution in [3.8, 4) is 11.5 Å². The van der Waals surface area contributed by atoms with Gasteiger partial charge in [-0.05, 0) is 12.1 Å². The predicted molar refractivity (Wildman–Crippen MR) is 113 cm³/mol. The van der Waals surface area contributed by atoms with E-state index in [1.807, 2.05) is 0 Å². The van der Waals surface area contributed by atoms with E-state index in [0.717, 1.165) is 18.2 Å². The first-order valence-corrected chi connectivity index (χ1v) is 11.1. The molecule has 0 atom stereocenters. The number of nitrogens with one attached hydrogen (secondary N) is 1. The van der Waals surface area contributed by atoms with Crippen LogP contribution in [-0.2, 0) is 37.5 Å². The molecule has 1 N–H and O–H groups in total. The van der Waals surface area contributed by atoms with Crippen molar-refractivity contribution in [1.82, 2.24) is 4.72 Å². The molecule has 3 rings (SSSR count). The third-order valence-electron chi connectivity index (χ3n) is 4.65. The summed E-state index contributed by atoms with van der Waals surface area (Å²) in [6, 6.07) is 5.64. The number of non-ortho nitro benzene ring substituents is 1. The molecule has 0 aromatic heterocycles. The van der Waals surface area contributed by atoms with Crippen LogP contribution in [0.15, 0.2) is 35.2 Å². The number of esters is 1. The van der Waals surface area contributed by atoms with Crippen molar-refractivity contribution in [2.75, 3.05) is 20.4 Å². The Morgan fingerprint density at radius 1 is 1.18 bits per heavy atom. The van der Waals surface area contributed by atoms with Crippen LogP contribution in [-0.4, -0.2) is 44.7 Å². The zero-order valence-corrected chi connectivity index (χ0v) is 18.5. The number of benzene rings is 2. The minimum atomic E-state index is -4.16. The number of nitro benzene ring substituents is 2. The van der Waals surface area contributed by atoms with Crippen LogP contribution in [0.4, 0.5) is 11.4 Å². The molecule has 0 bridgehead atoms. The third-order valence-corrected chi connectivity index (χ3v) is 6.11. The minimum absolute atomic E-state index is 0.0585. The Kier molecular flexibility index (Phi) is 7.60. The quantitative estimate of drug-likeness (QED) is 0.286. The molecule has 0 radical (unpaired) electrons. The summed E-state index contributed by atoms with van der Waals surface area (Å²) >= 11 is 0. The Hall–Kier alpha value is -3.82. The van der Waals surface area contributed by atoms with E-state index in [2.05, 4.69) is 4.72 Å². The second kappa shape index (κ2) is 10.4. The van der Waals surface area contributed by atoms with Crippen molar-refractivity contribution in [2.45, 2.75) is 24.5 Å². The fourth-order valence-electron chi connectivity index (χ4n) is 3.07. The van der Waals surface area contributed by atoms with Gasteiger partial charge in [-0.3, -0.25) is 25.0 Å². The molecule has 34 heavy (non-hydrogen) atoms. The fraction of sp³-hybridized carbons (Fsp3) is 0.316. The molecule has 0 saturated carbocycles. The van der Waals surface area contributed by atoms with Crippen LogP contribution in [0.25, 0.3) is 0 Å². The Morgan fingerprint density at radius 2 is 1.94 bits per heavy atom. The monoisotopic (exact) mass is 497 g/mol. The van der Waals surface area contributed by atoms with E-state index in [1.165, 1.54) is 19.2 Å². The molecule has 0 saturated heterocycles. The largest absolute Gasteiger partial charge is 0.490 e. The Morgan fingerprint density at radius 3 is 2.62 bits per heavy atom. The molecule has 1 aliphatic rings. The van der Waals surface area contributed by atoms with Gasteiger partial charge in [0.05, 0.1) is 34.9 Å². The normalized spacial score (nSPS) is 12.9. The van der Waals surface area contributed by atoms with Gasteiger partial charge < -0.3 is 18.9 Å². The zero-order valence-electron chi connectivity index (χ0n) is 17.7. The molecular weight excluding hydrogens is 478 g/mol. The lowest BCUT2D eigenvalue weighted by molar-refractivity contribution is -0.386. The van der Waals surface area contributed by atoms with Gasteiger partial charge in [-0.1, -0.05) is 0 Å². The van der Waals surface area contributed by atoms with Crippen LogP contribution in [0, 0.1) is 20.2 Å². The molecule has 1 aliphatic heterocycles. The number of carbonyl (C=O) groups excluding carboxylic acids is 1. The minimum Gasteiger partial charge on any atom is -0.490 e. The first-order valence-electron chi connectivity index (χ1n) is 9.61. The van der Waals surface area contributed by atoms with E-state index in [4.69, 9.17) is 18.9 Å². The topological polar surface area (TPSA) is 186 Å². The second-order valence-corrected chi connectivity index (χ2v) is 8.63. The highest BCUT2D eigenvalue weighted by molar-refractivity contribution is 7.89. The van der Waals surface area contributed by atoms with E-state index in [0.29, 0.717) is 11.3 Å². The predicted octanol–water partition coefficient (Wildman–Crippen LogP) is 1.79. The van der Waals surface area contributed by atoms with Gasteiger partial charge in [0.2, 0.25) is 10.0 Å². The van der Waals surface area contributed by atoms with Gasteiger partial charge in [0.25, 0.3) is 5.69 Å². The van der Waals surface area contributed by atoms with Crippen LogP contribution in [0.2, 0.25) is 0 Å². The van der Waals surface area contributed by atoms with Crippen LogP contribution >= 0.6 is 0 Å². The average molecular weight is 497 g/mol. The van der Waals surface area contributed by atoms with E-state index in [-0.39, 0.29) is 54.9 Å². The number of hydrogen-bond acceptors (Lipinski definition) is 11. The number of nitro groups is 2. The summed E-state index contributed by atoms with van der Waals surface area (Å²) in [4.78, 5) is 32.6. The maximum atomic E-state index is 12.4. The molecule has 2 aromatic carbocycles. The van der Waals surface area contributed by atoms with E-state index in [1.54, 1.807) is 0 Å². The van der Waals surface area contributed by atoms with Gasteiger partial charge >= 0.3 is 11.7 Å². The summed E-state index contributed by atoms with van der Waals surface area (Å²) in [5, 5.41) is 22.2. The molecule has 14 nitrogen and oxygen atoms in total. The highest BCUT2D eigenvalue weighted by Crippen LogP contribution is 2.33. The average Bonchev–Trinajstić information content (AvgIpc) is 2.81. The summed E-state index contributed by atoms with van der Waals surface area (Å²) in [6.07, 6.45) is -0.363. The van der Waals surface area contributed by atoms with Crippen LogP contribution in [0.1, 0.15) is 17.5 Å². The molecule has 15 heteroatoms. The lowest BCUT2D eigenvalue weighted by Gasteiger charge is -2.20. The molecule has 0 aliphatic carbocycles. The second-order valence-electron chi connectivity index (χ2n) is 6.86. The molecule has 0 spiro atoms. The van der Waals surface area contributed by atoms with Crippen molar-refractivity contribution >= 4 is 27.4 Å². The number of rotatable bonds is 10. The number of hydrogen-bond donors (Lipinski definition) is 1. The number of carbonyl (C=O) groups is 1. The van der Waals surface area contributed by atoms with Gasteiger partial charge in [-0.15, -0.1) is 0 Å². The van der Waals surface area contributed by atoms with Gasteiger partial charge in [0.1, 0.15) is 12.4 Å². The smallest absolute Gasteiger partial charge is 0.312 e. The van der Waals surface area contributed by atoms with E-state index in [9.17, 15) is 33.4 Å².